The number of aryl methyl sites for hydroxylation is 1. The second-order valence-electron chi connectivity index (χ2n) is 11.8. The van der Waals surface area contributed by atoms with E-state index in [-0.39, 0.29) is 12.6 Å². The third-order valence-electron chi connectivity index (χ3n) is 8.42. The second-order valence-corrected chi connectivity index (χ2v) is 11.8. The highest BCUT2D eigenvalue weighted by atomic mass is 16.5. The van der Waals surface area contributed by atoms with Crippen LogP contribution in [-0.2, 0) is 27.2 Å². The lowest BCUT2D eigenvalue weighted by molar-refractivity contribution is -0.136. The van der Waals surface area contributed by atoms with Crippen LogP contribution in [0.4, 0.5) is 0 Å². The van der Waals surface area contributed by atoms with Crippen molar-refractivity contribution < 1.29 is 14.3 Å². The molecule has 0 spiro atoms. The lowest BCUT2D eigenvalue weighted by Crippen LogP contribution is -2.26. The van der Waals surface area contributed by atoms with Gasteiger partial charge >= 0.3 is 5.97 Å². The smallest absolute Gasteiger partial charge is 0.336 e. The monoisotopic (exact) mass is 584 g/mol. The highest BCUT2D eigenvalue weighted by molar-refractivity contribution is 6.02. The van der Waals surface area contributed by atoms with Crippen molar-refractivity contribution in [3.05, 3.63) is 45.7 Å². The minimum Gasteiger partial charge on any atom is -0.456 e. The minimum absolute atomic E-state index is 0.244. The van der Waals surface area contributed by atoms with Crippen molar-refractivity contribution in [3.8, 4) is 0 Å². The number of carbonyl (C=O) groups excluding carboxylic acids is 2. The van der Waals surface area contributed by atoms with Crippen molar-refractivity contribution in [1.29, 1.82) is 0 Å². The van der Waals surface area contributed by atoms with E-state index in [1.807, 2.05) is 7.05 Å². The fourth-order valence-electron chi connectivity index (χ4n) is 5.34. The molecule has 1 fully saturated rings. The molecule has 238 valence electrons. The SMILES string of the molecule is CC1=C(N(C=O)CCC2CCCCC2)COC1=O.CCC(C)C.CCC/C(=N\NNC)c1ccc(CC)c(C)c1CC. The molecule has 2 aliphatic rings. The number of hydrogen-bond donors (Lipinski definition) is 2. The van der Waals surface area contributed by atoms with Crippen molar-refractivity contribution in [3.63, 3.8) is 0 Å². The normalized spacial score (nSPS) is 15.5. The standard InChI is InChI=1S/C16H27N3.C14H21NO3.C5H12/c1-6-9-16(18-19-17-5)15-11-10-13(7-2)12(4)14(15)8-3;1-11-13(9-18-14(11)17)15(10-16)8-7-12-5-3-2-4-6-12;1-4-5(2)3/h10-11,17,19H,6-9H2,1-5H3;10,12H,2-9H2,1H3;5H,4H2,1-3H3/b18-16+;;. The van der Waals surface area contributed by atoms with Gasteiger partial charge in [0.05, 0.1) is 17.0 Å². The maximum atomic E-state index is 11.3. The molecule has 0 atom stereocenters. The molecule has 1 aromatic carbocycles. The first-order chi connectivity index (χ1) is 20.2. The Morgan fingerprint density at radius 1 is 1.10 bits per heavy atom. The Balaban J connectivity index is 0.000000362. The first-order valence-corrected chi connectivity index (χ1v) is 16.4. The molecular weight excluding hydrogens is 524 g/mol. The van der Waals surface area contributed by atoms with Crippen LogP contribution < -0.4 is 11.0 Å². The van der Waals surface area contributed by atoms with Crippen molar-refractivity contribution >= 4 is 18.1 Å². The molecule has 0 saturated heterocycles. The fourth-order valence-corrected chi connectivity index (χ4v) is 5.34. The van der Waals surface area contributed by atoms with E-state index in [1.54, 1.807) is 11.8 Å². The van der Waals surface area contributed by atoms with E-state index < -0.39 is 0 Å². The van der Waals surface area contributed by atoms with Crippen LogP contribution in [-0.4, -0.2) is 43.2 Å². The summed E-state index contributed by atoms with van der Waals surface area (Å²) in [6.45, 7) is 18.2. The Kier molecular flexibility index (Phi) is 18.8. The van der Waals surface area contributed by atoms with Crippen molar-refractivity contribution in [1.82, 2.24) is 15.9 Å². The molecule has 2 N–H and O–H groups in total. The second kappa shape index (κ2) is 21.1. The molecular formula is C35H60N4O3. The largest absolute Gasteiger partial charge is 0.456 e. The Bertz CT molecular complexity index is 1010. The van der Waals surface area contributed by atoms with Gasteiger partial charge in [-0.1, -0.05) is 98.6 Å². The lowest BCUT2D eigenvalue weighted by atomic mass is 9.87. The van der Waals surface area contributed by atoms with Gasteiger partial charge in [-0.05, 0) is 68.1 Å². The van der Waals surface area contributed by atoms with E-state index in [4.69, 9.17) is 4.74 Å². The minimum atomic E-state index is -0.297. The van der Waals surface area contributed by atoms with Crippen LogP contribution in [0, 0.1) is 18.8 Å². The van der Waals surface area contributed by atoms with Gasteiger partial charge in [-0.2, -0.15) is 5.10 Å². The predicted molar refractivity (Wildman–Crippen MR) is 176 cm³/mol. The molecule has 7 nitrogen and oxygen atoms in total. The topological polar surface area (TPSA) is 83.0 Å². The molecule has 0 radical (unpaired) electrons. The average Bonchev–Trinajstić information content (AvgIpc) is 3.34. The van der Waals surface area contributed by atoms with E-state index in [0.29, 0.717) is 12.1 Å². The fraction of sp³-hybridized carbons (Fsp3) is 0.686. The van der Waals surface area contributed by atoms with Crippen LogP contribution in [0.15, 0.2) is 28.5 Å². The molecule has 1 aromatic rings. The molecule has 0 unspecified atom stereocenters. The number of hydrazone groups is 1. The number of amides is 1. The lowest BCUT2D eigenvalue weighted by Gasteiger charge is -2.25. The number of nitrogens with zero attached hydrogens (tertiary/aromatic N) is 2. The van der Waals surface area contributed by atoms with Crippen LogP contribution in [0.3, 0.4) is 0 Å². The number of benzene rings is 1. The quantitative estimate of drug-likeness (QED) is 0.108. The molecule has 1 saturated carbocycles. The number of hydrogen-bond acceptors (Lipinski definition) is 6. The Morgan fingerprint density at radius 2 is 1.76 bits per heavy atom. The van der Waals surface area contributed by atoms with Crippen LogP contribution in [0.1, 0.15) is 129 Å². The molecule has 1 amide bonds. The van der Waals surface area contributed by atoms with Crippen LogP contribution in [0.2, 0.25) is 0 Å². The Morgan fingerprint density at radius 3 is 2.24 bits per heavy atom. The molecule has 3 rings (SSSR count). The summed E-state index contributed by atoms with van der Waals surface area (Å²) in [6, 6.07) is 4.48. The van der Waals surface area contributed by atoms with E-state index in [2.05, 4.69) is 76.7 Å². The highest BCUT2D eigenvalue weighted by Crippen LogP contribution is 2.27. The highest BCUT2D eigenvalue weighted by Gasteiger charge is 2.25. The summed E-state index contributed by atoms with van der Waals surface area (Å²) in [5.74, 6) is 1.32. The number of hydrazine groups is 1. The predicted octanol–water partition coefficient (Wildman–Crippen LogP) is 7.65. The summed E-state index contributed by atoms with van der Waals surface area (Å²) in [5, 5.41) is 4.46. The van der Waals surface area contributed by atoms with Crippen LogP contribution in [0.25, 0.3) is 0 Å². The summed E-state index contributed by atoms with van der Waals surface area (Å²) in [4.78, 5) is 24.1. The van der Waals surface area contributed by atoms with E-state index in [0.717, 1.165) is 61.8 Å². The number of ether oxygens (including phenoxy) is 1. The summed E-state index contributed by atoms with van der Waals surface area (Å²) < 4.78 is 4.94. The molecule has 7 heteroatoms. The van der Waals surface area contributed by atoms with Gasteiger partial charge in [0, 0.05) is 19.2 Å². The number of nitrogens with one attached hydrogen (secondary N) is 2. The van der Waals surface area contributed by atoms with Gasteiger partial charge in [0.1, 0.15) is 6.61 Å². The van der Waals surface area contributed by atoms with Crippen molar-refractivity contribution in [2.75, 3.05) is 20.2 Å². The molecule has 0 bridgehead atoms. The summed E-state index contributed by atoms with van der Waals surface area (Å²) in [5.41, 5.74) is 13.8. The van der Waals surface area contributed by atoms with E-state index in [9.17, 15) is 9.59 Å². The van der Waals surface area contributed by atoms with Gasteiger partial charge in [0.2, 0.25) is 6.41 Å². The Hall–Kier alpha value is -2.67. The van der Waals surface area contributed by atoms with Crippen molar-refractivity contribution in [2.45, 2.75) is 126 Å². The summed E-state index contributed by atoms with van der Waals surface area (Å²) in [6.07, 6.45) is 13.9. The zero-order valence-corrected chi connectivity index (χ0v) is 28.2. The Labute approximate surface area is 256 Å². The summed E-state index contributed by atoms with van der Waals surface area (Å²) in [7, 11) is 1.83. The number of carbonyl (C=O) groups is 2. The van der Waals surface area contributed by atoms with E-state index in [1.165, 1.54) is 60.8 Å². The van der Waals surface area contributed by atoms with Gasteiger partial charge in [-0.25, -0.2) is 15.8 Å². The third-order valence-corrected chi connectivity index (χ3v) is 8.42. The van der Waals surface area contributed by atoms with Gasteiger partial charge in [-0.15, -0.1) is 0 Å². The van der Waals surface area contributed by atoms with Crippen molar-refractivity contribution in [2.24, 2.45) is 16.9 Å². The molecule has 0 aromatic heterocycles. The molecule has 1 aliphatic heterocycles. The van der Waals surface area contributed by atoms with Gasteiger partial charge in [-0.3, -0.25) is 4.79 Å². The van der Waals surface area contributed by atoms with Gasteiger partial charge in [0.25, 0.3) is 0 Å². The summed E-state index contributed by atoms with van der Waals surface area (Å²) >= 11 is 0. The third kappa shape index (κ3) is 12.3. The molecule has 42 heavy (non-hydrogen) atoms. The van der Waals surface area contributed by atoms with Gasteiger partial charge < -0.3 is 9.64 Å². The average molecular weight is 585 g/mol. The van der Waals surface area contributed by atoms with Gasteiger partial charge in [0.15, 0.2) is 0 Å². The molecule has 1 heterocycles. The maximum Gasteiger partial charge on any atom is 0.336 e. The number of cyclic esters (lactones) is 1. The van der Waals surface area contributed by atoms with Crippen LogP contribution >= 0.6 is 0 Å². The van der Waals surface area contributed by atoms with E-state index >= 15 is 0 Å². The molecule has 1 aliphatic carbocycles. The zero-order valence-electron chi connectivity index (χ0n) is 28.2. The van der Waals surface area contributed by atoms with Crippen LogP contribution in [0.5, 0.6) is 0 Å². The first kappa shape index (κ1) is 37.4. The first-order valence-electron chi connectivity index (χ1n) is 16.4. The number of rotatable bonds is 13. The maximum absolute atomic E-state index is 11.3. The zero-order chi connectivity index (χ0) is 31.5. The number of esters is 1.